The molecule has 1 aliphatic rings. The smallest absolute Gasteiger partial charge is 0.0619 e. The van der Waals surface area contributed by atoms with Crippen molar-refractivity contribution in [1.29, 1.82) is 0 Å². The molecule has 0 saturated carbocycles. The molecule has 1 N–H and O–H groups in total. The Morgan fingerprint density at radius 3 is 2.88 bits per heavy atom. The summed E-state index contributed by atoms with van der Waals surface area (Å²) < 4.78 is 5.43. The van der Waals surface area contributed by atoms with Gasteiger partial charge in [0.1, 0.15) is 0 Å². The van der Waals surface area contributed by atoms with E-state index in [4.69, 9.17) is 4.74 Å². The number of hydrogen-bond acceptors (Lipinski definition) is 2. The Hall–Kier alpha value is -1.12. The molecule has 1 heterocycles. The van der Waals surface area contributed by atoms with Gasteiger partial charge in [-0.1, -0.05) is 36.9 Å². The van der Waals surface area contributed by atoms with Crippen LogP contribution >= 0.6 is 0 Å². The largest absolute Gasteiger partial charge is 0.380 e. The molecule has 0 radical (unpaired) electrons. The predicted molar refractivity (Wildman–Crippen MR) is 67.3 cm³/mol. The zero-order valence-corrected chi connectivity index (χ0v) is 9.61. The minimum absolute atomic E-state index is 0.495. The van der Waals surface area contributed by atoms with Crippen molar-refractivity contribution in [2.45, 2.75) is 18.9 Å². The molecule has 2 rings (SSSR count). The van der Waals surface area contributed by atoms with E-state index in [0.717, 1.165) is 31.8 Å². The normalized spacial score (nSPS) is 20.6. The molecule has 1 aromatic carbocycles. The summed E-state index contributed by atoms with van der Waals surface area (Å²) in [5, 5.41) is 3.50. The molecule has 0 spiro atoms. The fourth-order valence-corrected chi connectivity index (χ4v) is 1.95. The van der Waals surface area contributed by atoms with Gasteiger partial charge in [-0.05, 0) is 24.0 Å². The van der Waals surface area contributed by atoms with Crippen LogP contribution in [0.2, 0.25) is 0 Å². The highest BCUT2D eigenvalue weighted by molar-refractivity contribution is 5.64. The van der Waals surface area contributed by atoms with Crippen molar-refractivity contribution in [3.63, 3.8) is 0 Å². The molecular formula is C14H19NO. The van der Waals surface area contributed by atoms with E-state index in [1.165, 1.54) is 12.0 Å². The molecular weight excluding hydrogens is 198 g/mol. The van der Waals surface area contributed by atoms with Crippen molar-refractivity contribution in [1.82, 2.24) is 5.32 Å². The van der Waals surface area contributed by atoms with Crippen LogP contribution in [0.5, 0.6) is 0 Å². The molecule has 0 aliphatic carbocycles. The summed E-state index contributed by atoms with van der Waals surface area (Å²) in [7, 11) is 0. The first kappa shape index (κ1) is 11.4. The second-order valence-corrected chi connectivity index (χ2v) is 4.26. The Labute approximate surface area is 97.3 Å². The molecule has 16 heavy (non-hydrogen) atoms. The number of rotatable bonds is 4. The number of nitrogens with one attached hydrogen (secondary N) is 1. The third kappa shape index (κ3) is 3.19. The molecule has 0 aromatic heterocycles. The first-order valence-corrected chi connectivity index (χ1v) is 5.90. The third-order valence-electron chi connectivity index (χ3n) is 2.95. The van der Waals surface area contributed by atoms with E-state index in [9.17, 15) is 0 Å². The van der Waals surface area contributed by atoms with Gasteiger partial charge in [0.2, 0.25) is 0 Å². The monoisotopic (exact) mass is 217 g/mol. The summed E-state index contributed by atoms with van der Waals surface area (Å²) in [4.78, 5) is 0. The summed E-state index contributed by atoms with van der Waals surface area (Å²) in [6, 6.07) is 10.8. The third-order valence-corrected chi connectivity index (χ3v) is 2.95. The Morgan fingerprint density at radius 1 is 1.38 bits per heavy atom. The van der Waals surface area contributed by atoms with Crippen LogP contribution in [-0.4, -0.2) is 25.8 Å². The molecule has 0 amide bonds. The molecule has 1 aliphatic heterocycles. The fraction of sp³-hybridized carbons (Fsp3) is 0.429. The van der Waals surface area contributed by atoms with E-state index < -0.39 is 0 Å². The van der Waals surface area contributed by atoms with E-state index in [0.29, 0.717) is 6.04 Å². The van der Waals surface area contributed by atoms with Crippen LogP contribution in [0.25, 0.3) is 5.57 Å². The molecule has 1 aromatic rings. The fourth-order valence-electron chi connectivity index (χ4n) is 1.95. The molecule has 1 saturated heterocycles. The van der Waals surface area contributed by atoms with Crippen LogP contribution in [0.15, 0.2) is 36.9 Å². The van der Waals surface area contributed by atoms with Gasteiger partial charge >= 0.3 is 0 Å². The molecule has 1 atom stereocenters. The van der Waals surface area contributed by atoms with E-state index in [-0.39, 0.29) is 0 Å². The Balaban J connectivity index is 1.79. The van der Waals surface area contributed by atoms with Gasteiger partial charge in [0.05, 0.1) is 6.61 Å². The lowest BCUT2D eigenvalue weighted by Crippen LogP contribution is -2.37. The highest BCUT2D eigenvalue weighted by Crippen LogP contribution is 2.12. The summed E-state index contributed by atoms with van der Waals surface area (Å²) >= 11 is 0. The topological polar surface area (TPSA) is 21.3 Å². The van der Waals surface area contributed by atoms with Gasteiger partial charge in [-0.3, -0.25) is 0 Å². The van der Waals surface area contributed by atoms with Gasteiger partial charge in [-0.2, -0.15) is 0 Å². The van der Waals surface area contributed by atoms with E-state index in [1.54, 1.807) is 0 Å². The van der Waals surface area contributed by atoms with Crippen molar-refractivity contribution in [2.24, 2.45) is 0 Å². The average Bonchev–Trinajstić information content (AvgIpc) is 2.38. The van der Waals surface area contributed by atoms with Crippen molar-refractivity contribution >= 4 is 5.57 Å². The van der Waals surface area contributed by atoms with Crippen molar-refractivity contribution < 1.29 is 4.74 Å². The second kappa shape index (κ2) is 5.83. The highest BCUT2D eigenvalue weighted by Gasteiger charge is 2.12. The molecule has 1 unspecified atom stereocenters. The quantitative estimate of drug-likeness (QED) is 0.836. The van der Waals surface area contributed by atoms with Crippen LogP contribution in [0.3, 0.4) is 0 Å². The first-order valence-electron chi connectivity index (χ1n) is 5.90. The lowest BCUT2D eigenvalue weighted by molar-refractivity contribution is 0.0719. The highest BCUT2D eigenvalue weighted by atomic mass is 16.5. The van der Waals surface area contributed by atoms with Crippen LogP contribution in [-0.2, 0) is 4.74 Å². The van der Waals surface area contributed by atoms with Crippen molar-refractivity contribution in [3.05, 3.63) is 42.5 Å². The zero-order chi connectivity index (χ0) is 11.2. The molecule has 1 fully saturated rings. The van der Waals surface area contributed by atoms with Crippen molar-refractivity contribution in [2.75, 3.05) is 19.8 Å². The zero-order valence-electron chi connectivity index (χ0n) is 9.61. The molecule has 86 valence electrons. The number of hydrogen-bond donors (Lipinski definition) is 1. The van der Waals surface area contributed by atoms with Gasteiger partial charge in [0.25, 0.3) is 0 Å². The lowest BCUT2D eigenvalue weighted by atomic mass is 10.1. The van der Waals surface area contributed by atoms with Crippen LogP contribution in [0.1, 0.15) is 18.4 Å². The van der Waals surface area contributed by atoms with Gasteiger partial charge in [-0.25, -0.2) is 0 Å². The van der Waals surface area contributed by atoms with Gasteiger partial charge in [0, 0.05) is 19.2 Å². The minimum Gasteiger partial charge on any atom is -0.380 e. The summed E-state index contributed by atoms with van der Waals surface area (Å²) in [6.45, 7) is 6.70. The Morgan fingerprint density at radius 2 is 2.19 bits per heavy atom. The van der Waals surface area contributed by atoms with Crippen LogP contribution in [0.4, 0.5) is 0 Å². The van der Waals surface area contributed by atoms with E-state index in [2.05, 4.69) is 24.0 Å². The van der Waals surface area contributed by atoms with Crippen LogP contribution < -0.4 is 5.32 Å². The second-order valence-electron chi connectivity index (χ2n) is 4.26. The summed E-state index contributed by atoms with van der Waals surface area (Å²) in [5.41, 5.74) is 2.36. The Kier molecular flexibility index (Phi) is 4.14. The SMILES string of the molecule is C=C(CNC1CCCOC1)c1ccccc1. The van der Waals surface area contributed by atoms with Gasteiger partial charge in [-0.15, -0.1) is 0 Å². The Bertz CT molecular complexity index is 328. The maximum atomic E-state index is 5.43. The maximum Gasteiger partial charge on any atom is 0.0619 e. The van der Waals surface area contributed by atoms with Gasteiger partial charge < -0.3 is 10.1 Å². The average molecular weight is 217 g/mol. The standard InChI is InChI=1S/C14H19NO/c1-12(13-6-3-2-4-7-13)10-15-14-8-5-9-16-11-14/h2-4,6-7,14-15H,1,5,8-11H2. The predicted octanol–water partition coefficient (Wildman–Crippen LogP) is 2.47. The van der Waals surface area contributed by atoms with Gasteiger partial charge in [0.15, 0.2) is 0 Å². The van der Waals surface area contributed by atoms with E-state index >= 15 is 0 Å². The molecule has 0 bridgehead atoms. The summed E-state index contributed by atoms with van der Waals surface area (Å²) in [5.74, 6) is 0. The lowest BCUT2D eigenvalue weighted by Gasteiger charge is -2.23. The molecule has 2 nitrogen and oxygen atoms in total. The number of benzene rings is 1. The van der Waals surface area contributed by atoms with E-state index in [1.807, 2.05) is 18.2 Å². The summed E-state index contributed by atoms with van der Waals surface area (Å²) in [6.07, 6.45) is 2.37. The number of ether oxygens (including phenoxy) is 1. The van der Waals surface area contributed by atoms with Crippen molar-refractivity contribution in [3.8, 4) is 0 Å². The van der Waals surface area contributed by atoms with Crippen LogP contribution in [0, 0.1) is 0 Å². The first-order chi connectivity index (χ1) is 7.86. The molecule has 2 heteroatoms. The maximum absolute atomic E-state index is 5.43. The minimum atomic E-state index is 0.495.